The Morgan fingerprint density at radius 2 is 2.31 bits per heavy atom. The van der Waals surface area contributed by atoms with Gasteiger partial charge >= 0.3 is 0 Å². The van der Waals surface area contributed by atoms with Crippen molar-refractivity contribution in [1.82, 2.24) is 4.90 Å². The van der Waals surface area contributed by atoms with Crippen LogP contribution >= 0.6 is 0 Å². The van der Waals surface area contributed by atoms with Crippen molar-refractivity contribution in [2.45, 2.75) is 12.8 Å². The molecule has 0 atom stereocenters. The number of nitrogens with zero attached hydrogens (tertiary/aromatic N) is 2. The van der Waals surface area contributed by atoms with Gasteiger partial charge in [-0.2, -0.15) is 0 Å². The largest absolute Gasteiger partial charge is 0.375 e. The third-order valence-corrected chi connectivity index (χ3v) is 1.63. The SMILES string of the molecule is C=N/C=C\N(C)CC(=C)CCCN. The van der Waals surface area contributed by atoms with Gasteiger partial charge in [-0.1, -0.05) is 12.2 Å². The van der Waals surface area contributed by atoms with Crippen LogP contribution in [0.5, 0.6) is 0 Å². The fraction of sp³-hybridized carbons (Fsp3) is 0.500. The minimum absolute atomic E-state index is 0.729. The molecule has 0 saturated carbocycles. The summed E-state index contributed by atoms with van der Waals surface area (Å²) < 4.78 is 0. The van der Waals surface area contributed by atoms with Crippen molar-refractivity contribution in [2.24, 2.45) is 10.7 Å². The van der Waals surface area contributed by atoms with Crippen LogP contribution in [0.1, 0.15) is 12.8 Å². The van der Waals surface area contributed by atoms with E-state index >= 15 is 0 Å². The van der Waals surface area contributed by atoms with E-state index in [1.165, 1.54) is 5.57 Å². The maximum atomic E-state index is 5.40. The molecule has 0 aromatic carbocycles. The molecular weight excluding hydrogens is 162 g/mol. The van der Waals surface area contributed by atoms with Crippen LogP contribution in [0.4, 0.5) is 0 Å². The van der Waals surface area contributed by atoms with Gasteiger partial charge in [-0.3, -0.25) is 4.99 Å². The molecule has 0 radical (unpaired) electrons. The molecule has 0 saturated heterocycles. The average molecular weight is 181 g/mol. The normalized spacial score (nSPS) is 10.3. The van der Waals surface area contributed by atoms with Crippen molar-refractivity contribution in [3.8, 4) is 0 Å². The van der Waals surface area contributed by atoms with Crippen LogP contribution in [0.15, 0.2) is 29.5 Å². The van der Waals surface area contributed by atoms with Crippen LogP contribution in [-0.2, 0) is 0 Å². The molecule has 2 N–H and O–H groups in total. The van der Waals surface area contributed by atoms with Crippen molar-refractivity contribution in [3.63, 3.8) is 0 Å². The summed E-state index contributed by atoms with van der Waals surface area (Å²) in [6.45, 7) is 8.90. The number of hydrogen-bond acceptors (Lipinski definition) is 3. The highest BCUT2D eigenvalue weighted by Crippen LogP contribution is 2.03. The van der Waals surface area contributed by atoms with E-state index in [4.69, 9.17) is 5.73 Å². The maximum Gasteiger partial charge on any atom is 0.0419 e. The number of rotatable bonds is 7. The first kappa shape index (κ1) is 11.9. The lowest BCUT2D eigenvalue weighted by molar-refractivity contribution is 0.487. The molecule has 0 aliphatic carbocycles. The molecule has 0 aromatic rings. The zero-order valence-corrected chi connectivity index (χ0v) is 8.37. The Morgan fingerprint density at radius 1 is 1.62 bits per heavy atom. The topological polar surface area (TPSA) is 41.6 Å². The van der Waals surface area contributed by atoms with Crippen LogP contribution < -0.4 is 5.73 Å². The fourth-order valence-corrected chi connectivity index (χ4v) is 0.997. The average Bonchev–Trinajstić information content (AvgIpc) is 2.11. The van der Waals surface area contributed by atoms with Gasteiger partial charge in [0.15, 0.2) is 0 Å². The van der Waals surface area contributed by atoms with Gasteiger partial charge in [-0.15, -0.1) is 0 Å². The van der Waals surface area contributed by atoms with Gasteiger partial charge in [0.05, 0.1) is 0 Å². The minimum atomic E-state index is 0.729. The molecule has 0 heterocycles. The van der Waals surface area contributed by atoms with E-state index in [9.17, 15) is 0 Å². The van der Waals surface area contributed by atoms with Crippen molar-refractivity contribution >= 4 is 6.72 Å². The monoisotopic (exact) mass is 181 g/mol. The molecule has 3 heteroatoms. The number of aliphatic imine (C=N–C) groups is 1. The number of nitrogens with two attached hydrogens (primary N) is 1. The summed E-state index contributed by atoms with van der Waals surface area (Å²) in [7, 11) is 1.98. The summed E-state index contributed by atoms with van der Waals surface area (Å²) in [5, 5.41) is 0. The summed E-state index contributed by atoms with van der Waals surface area (Å²) in [6, 6.07) is 0. The second-order valence-corrected chi connectivity index (χ2v) is 3.04. The van der Waals surface area contributed by atoms with E-state index in [2.05, 4.69) is 18.3 Å². The highest BCUT2D eigenvalue weighted by atomic mass is 15.1. The third-order valence-electron chi connectivity index (χ3n) is 1.63. The van der Waals surface area contributed by atoms with Crippen LogP contribution in [0.3, 0.4) is 0 Å². The molecule has 0 aliphatic rings. The van der Waals surface area contributed by atoms with Gasteiger partial charge in [0.1, 0.15) is 0 Å². The molecule has 13 heavy (non-hydrogen) atoms. The van der Waals surface area contributed by atoms with Crippen LogP contribution in [0.25, 0.3) is 0 Å². The molecule has 0 bridgehead atoms. The van der Waals surface area contributed by atoms with E-state index in [0.717, 1.165) is 25.9 Å². The maximum absolute atomic E-state index is 5.40. The molecular formula is C10H19N3. The van der Waals surface area contributed by atoms with Gasteiger partial charge < -0.3 is 10.6 Å². The van der Waals surface area contributed by atoms with Crippen molar-refractivity contribution in [2.75, 3.05) is 20.1 Å². The first-order valence-electron chi connectivity index (χ1n) is 4.40. The molecule has 0 spiro atoms. The van der Waals surface area contributed by atoms with E-state index in [1.54, 1.807) is 6.20 Å². The zero-order chi connectivity index (χ0) is 10.1. The summed E-state index contributed by atoms with van der Waals surface area (Å²) >= 11 is 0. The second-order valence-electron chi connectivity index (χ2n) is 3.04. The summed E-state index contributed by atoms with van der Waals surface area (Å²) in [4.78, 5) is 5.64. The Kier molecular flexibility index (Phi) is 6.92. The highest BCUT2D eigenvalue weighted by Gasteiger charge is 1.95. The highest BCUT2D eigenvalue weighted by molar-refractivity contribution is 5.25. The number of hydrogen-bond donors (Lipinski definition) is 1. The lowest BCUT2D eigenvalue weighted by Gasteiger charge is -2.14. The molecule has 0 aromatic heterocycles. The zero-order valence-electron chi connectivity index (χ0n) is 8.37. The summed E-state index contributed by atoms with van der Waals surface area (Å²) in [5.74, 6) is 0. The number of likely N-dealkylation sites (N-methyl/N-ethyl adjacent to an activating group) is 1. The fourth-order valence-electron chi connectivity index (χ4n) is 0.997. The lowest BCUT2D eigenvalue weighted by Crippen LogP contribution is -2.14. The molecule has 0 rings (SSSR count). The Bertz CT molecular complexity index is 185. The minimum Gasteiger partial charge on any atom is -0.375 e. The van der Waals surface area contributed by atoms with Gasteiger partial charge in [-0.05, 0) is 26.1 Å². The molecule has 3 nitrogen and oxygen atoms in total. The molecule has 0 amide bonds. The first-order chi connectivity index (χ1) is 6.20. The third kappa shape index (κ3) is 7.28. The van der Waals surface area contributed by atoms with Crippen molar-refractivity contribution in [1.29, 1.82) is 0 Å². The second kappa shape index (κ2) is 7.55. The standard InChI is InChI=1S/C10H19N3/c1-10(5-4-6-11)9-13(3)8-7-12-2/h7-8H,1-2,4-6,9,11H2,3H3/b8-7-. The molecule has 0 aliphatic heterocycles. The summed E-state index contributed by atoms with van der Waals surface area (Å²) in [6.07, 6.45) is 5.54. The van der Waals surface area contributed by atoms with E-state index in [-0.39, 0.29) is 0 Å². The van der Waals surface area contributed by atoms with E-state index in [1.807, 2.05) is 18.1 Å². The van der Waals surface area contributed by atoms with Crippen LogP contribution in [0, 0.1) is 0 Å². The molecule has 0 unspecified atom stereocenters. The van der Waals surface area contributed by atoms with Crippen molar-refractivity contribution in [3.05, 3.63) is 24.6 Å². The molecule has 0 fully saturated rings. The quantitative estimate of drug-likeness (QED) is 0.476. The summed E-state index contributed by atoms with van der Waals surface area (Å²) in [5.41, 5.74) is 6.59. The Labute approximate surface area is 80.6 Å². The van der Waals surface area contributed by atoms with Gasteiger partial charge in [0.25, 0.3) is 0 Å². The predicted molar refractivity (Wildman–Crippen MR) is 58.7 cm³/mol. The Morgan fingerprint density at radius 3 is 2.85 bits per heavy atom. The molecule has 74 valence electrons. The van der Waals surface area contributed by atoms with Gasteiger partial charge in [-0.25, -0.2) is 0 Å². The van der Waals surface area contributed by atoms with Crippen LogP contribution in [0.2, 0.25) is 0 Å². The smallest absolute Gasteiger partial charge is 0.0419 e. The van der Waals surface area contributed by atoms with Gasteiger partial charge in [0.2, 0.25) is 0 Å². The van der Waals surface area contributed by atoms with Gasteiger partial charge in [0, 0.05) is 26.0 Å². The van der Waals surface area contributed by atoms with Crippen LogP contribution in [-0.4, -0.2) is 31.8 Å². The Hall–Kier alpha value is -1.09. The predicted octanol–water partition coefficient (Wildman–Crippen LogP) is 1.39. The van der Waals surface area contributed by atoms with E-state index < -0.39 is 0 Å². The first-order valence-corrected chi connectivity index (χ1v) is 4.40. The Balaban J connectivity index is 3.64. The lowest BCUT2D eigenvalue weighted by atomic mass is 10.1. The van der Waals surface area contributed by atoms with E-state index in [0.29, 0.717) is 0 Å². The van der Waals surface area contributed by atoms with Crippen molar-refractivity contribution < 1.29 is 0 Å².